The molecule has 3 aromatic carbocycles. The summed E-state index contributed by atoms with van der Waals surface area (Å²) in [6.45, 7) is 0.813. The second-order valence-corrected chi connectivity index (χ2v) is 14.3. The minimum absolute atomic E-state index is 0.0462. The fourth-order valence-corrected chi connectivity index (χ4v) is 8.21. The van der Waals surface area contributed by atoms with Gasteiger partial charge in [0.05, 0.1) is 16.4 Å². The van der Waals surface area contributed by atoms with Crippen LogP contribution in [0.1, 0.15) is 24.8 Å². The van der Waals surface area contributed by atoms with Gasteiger partial charge in [0.1, 0.15) is 41.2 Å². The van der Waals surface area contributed by atoms with Crippen molar-refractivity contribution in [3.63, 3.8) is 0 Å². The number of aryl methyl sites for hydroxylation is 1. The third-order valence-electron chi connectivity index (χ3n) is 10.7. The minimum atomic E-state index is -3.02. The Labute approximate surface area is 283 Å². The first-order valence-corrected chi connectivity index (χ1v) is 16.6. The Morgan fingerprint density at radius 2 is 1.80 bits per heavy atom. The maximum Gasteiger partial charge on any atom is 0.319 e. The fourth-order valence-electron chi connectivity index (χ4n) is 8.21. The molecule has 0 spiro atoms. The maximum absolute atomic E-state index is 17.4. The van der Waals surface area contributed by atoms with Crippen molar-refractivity contribution < 1.29 is 31.8 Å². The van der Waals surface area contributed by atoms with E-state index in [9.17, 15) is 18.3 Å². The number of likely N-dealkylation sites (tertiary alicyclic amines) is 1. The molecule has 3 saturated heterocycles. The van der Waals surface area contributed by atoms with Gasteiger partial charge in [0.25, 0.3) is 5.92 Å². The maximum atomic E-state index is 17.4. The summed E-state index contributed by atoms with van der Waals surface area (Å²) in [5, 5.41) is 20.4. The number of nitrogens with one attached hydrogen (secondary N) is 1. The standard InChI is InChI=1S/C36H32F5N7O2/c1-3-23-26(38)7-4-18-8-22(49)9-24(27(18)23)28-30(39)32-29(25-14-46(2)45-31(25)28)33(48-12-20-5-6-21(13-48)42-20)44-34(43-32)50-17-35(15-36(35,40)41)16-47-10-19(37)11-47/h1,4,7-9,14,19-21,42,49H,5-6,10-13,15-17H2,2H3/t20-,21+,35-/m1/s1. The molecule has 14 heteroatoms. The highest BCUT2D eigenvalue weighted by atomic mass is 19.3. The van der Waals surface area contributed by atoms with E-state index in [1.165, 1.54) is 28.9 Å². The Hall–Kier alpha value is -4.74. The molecule has 0 unspecified atom stereocenters. The van der Waals surface area contributed by atoms with Crippen LogP contribution < -0.4 is 15.0 Å². The molecule has 3 aliphatic heterocycles. The van der Waals surface area contributed by atoms with Gasteiger partial charge in [-0.1, -0.05) is 12.0 Å². The van der Waals surface area contributed by atoms with E-state index in [-0.39, 0.29) is 76.6 Å². The number of anilines is 1. The number of alkyl halides is 3. The van der Waals surface area contributed by atoms with Crippen LogP contribution in [0.3, 0.4) is 0 Å². The molecule has 3 atom stereocenters. The first kappa shape index (κ1) is 31.3. The van der Waals surface area contributed by atoms with Gasteiger partial charge in [-0.2, -0.15) is 15.1 Å². The van der Waals surface area contributed by atoms with Gasteiger partial charge in [-0.05, 0) is 42.0 Å². The summed E-state index contributed by atoms with van der Waals surface area (Å²) in [7, 11) is 1.68. The van der Waals surface area contributed by atoms with Crippen LogP contribution >= 0.6 is 0 Å². The summed E-state index contributed by atoms with van der Waals surface area (Å²) in [4.78, 5) is 12.9. The third kappa shape index (κ3) is 4.77. The number of phenols is 1. The third-order valence-corrected chi connectivity index (χ3v) is 10.7. The van der Waals surface area contributed by atoms with Gasteiger partial charge in [0, 0.05) is 80.8 Å². The number of halogens is 5. The monoisotopic (exact) mass is 689 g/mol. The molecule has 1 aliphatic carbocycles. The number of phenolic OH excluding ortho intramolecular Hbond substituents is 1. The topological polar surface area (TPSA) is 91.6 Å². The summed E-state index contributed by atoms with van der Waals surface area (Å²) in [6, 6.07) is 5.43. The van der Waals surface area contributed by atoms with Crippen molar-refractivity contribution in [2.45, 2.75) is 43.4 Å². The molecule has 9 nitrogen and oxygen atoms in total. The number of fused-ring (bicyclic) bond motifs is 6. The van der Waals surface area contributed by atoms with E-state index in [0.717, 1.165) is 12.8 Å². The molecule has 5 heterocycles. The number of ether oxygens (including phenoxy) is 1. The van der Waals surface area contributed by atoms with E-state index in [2.05, 4.69) is 21.3 Å². The van der Waals surface area contributed by atoms with Gasteiger partial charge < -0.3 is 20.1 Å². The lowest BCUT2D eigenvalue weighted by Crippen LogP contribution is -2.52. The average Bonchev–Trinajstić information content (AvgIpc) is 3.27. The molecule has 4 fully saturated rings. The van der Waals surface area contributed by atoms with E-state index in [1.54, 1.807) is 18.1 Å². The Morgan fingerprint density at radius 3 is 2.48 bits per heavy atom. The van der Waals surface area contributed by atoms with Gasteiger partial charge in [-0.3, -0.25) is 9.58 Å². The number of benzene rings is 3. The highest BCUT2D eigenvalue weighted by Gasteiger charge is 2.72. The zero-order chi connectivity index (χ0) is 34.7. The summed E-state index contributed by atoms with van der Waals surface area (Å²) in [6.07, 6.45) is 7.91. The zero-order valence-electron chi connectivity index (χ0n) is 27.0. The molecule has 2 aromatic heterocycles. The van der Waals surface area contributed by atoms with E-state index >= 15 is 8.78 Å². The van der Waals surface area contributed by atoms with Crippen LogP contribution in [0.5, 0.6) is 11.8 Å². The number of hydrogen-bond acceptors (Lipinski definition) is 8. The molecule has 0 amide bonds. The van der Waals surface area contributed by atoms with Crippen molar-refractivity contribution in [2.24, 2.45) is 12.5 Å². The quantitative estimate of drug-likeness (QED) is 0.176. The summed E-state index contributed by atoms with van der Waals surface area (Å²) < 4.78 is 83.2. The first-order valence-electron chi connectivity index (χ1n) is 16.6. The van der Waals surface area contributed by atoms with Crippen molar-refractivity contribution in [1.29, 1.82) is 0 Å². The molecule has 50 heavy (non-hydrogen) atoms. The van der Waals surface area contributed by atoms with Gasteiger partial charge in [0.2, 0.25) is 0 Å². The van der Waals surface area contributed by atoms with Crippen LogP contribution in [0.15, 0.2) is 30.5 Å². The Morgan fingerprint density at radius 1 is 1.06 bits per heavy atom. The van der Waals surface area contributed by atoms with Crippen molar-refractivity contribution >= 4 is 38.4 Å². The normalized spacial score (nSPS) is 24.6. The molecular weight excluding hydrogens is 657 g/mol. The number of nitrogens with zero attached hydrogens (tertiary/aromatic N) is 6. The predicted octanol–water partition coefficient (Wildman–Crippen LogP) is 5.30. The lowest BCUT2D eigenvalue weighted by molar-refractivity contribution is -0.0118. The smallest absolute Gasteiger partial charge is 0.319 e. The number of aromatic nitrogens is 4. The molecular formula is C36H32F5N7O2. The van der Waals surface area contributed by atoms with Crippen molar-refractivity contribution in [2.75, 3.05) is 44.2 Å². The van der Waals surface area contributed by atoms with Crippen LogP contribution in [0.25, 0.3) is 43.7 Å². The SMILES string of the molecule is C#Cc1c(F)ccc2cc(O)cc(-c3c(F)c4nc(OC[C@]5(CN6CC(F)C6)CC5(F)F)nc(N5C[C@H]6CC[C@@H](C5)N6)c4c4cn(C)nc34)c12. The van der Waals surface area contributed by atoms with Crippen molar-refractivity contribution in [3.05, 3.63) is 47.7 Å². The van der Waals surface area contributed by atoms with E-state index in [0.29, 0.717) is 35.1 Å². The number of aromatic hydroxyl groups is 1. The van der Waals surface area contributed by atoms with Crippen LogP contribution in [-0.4, -0.2) is 93.3 Å². The molecule has 2 N–H and O–H groups in total. The largest absolute Gasteiger partial charge is 0.508 e. The van der Waals surface area contributed by atoms with E-state index in [4.69, 9.17) is 16.1 Å². The second-order valence-electron chi connectivity index (χ2n) is 14.3. The lowest BCUT2D eigenvalue weighted by Gasteiger charge is -2.37. The van der Waals surface area contributed by atoms with Crippen LogP contribution in [0.2, 0.25) is 0 Å². The second kappa shape index (κ2) is 10.9. The summed E-state index contributed by atoms with van der Waals surface area (Å²) in [5.74, 6) is -2.01. The van der Waals surface area contributed by atoms with Gasteiger partial charge in [-0.15, -0.1) is 6.42 Å². The molecule has 2 bridgehead atoms. The van der Waals surface area contributed by atoms with Crippen LogP contribution in [0, 0.1) is 29.4 Å². The first-order chi connectivity index (χ1) is 23.9. The number of hydrogen-bond donors (Lipinski definition) is 2. The van der Waals surface area contributed by atoms with E-state index in [1.807, 2.05) is 4.90 Å². The molecule has 5 aromatic rings. The van der Waals surface area contributed by atoms with Gasteiger partial charge in [0.15, 0.2) is 5.82 Å². The highest BCUT2D eigenvalue weighted by molar-refractivity contribution is 6.18. The molecule has 0 radical (unpaired) electrons. The molecule has 9 rings (SSSR count). The number of rotatable bonds is 7. The fraction of sp³-hybridized carbons (Fsp3) is 0.417. The highest BCUT2D eigenvalue weighted by Crippen LogP contribution is 2.61. The van der Waals surface area contributed by atoms with Gasteiger partial charge >= 0.3 is 6.01 Å². The molecule has 4 aliphatic rings. The Bertz CT molecular complexity index is 2270. The lowest BCUT2D eigenvalue weighted by atomic mass is 9.91. The van der Waals surface area contributed by atoms with Crippen LogP contribution in [0.4, 0.5) is 27.8 Å². The molecule has 258 valence electrons. The summed E-state index contributed by atoms with van der Waals surface area (Å²) >= 11 is 0. The summed E-state index contributed by atoms with van der Waals surface area (Å²) in [5.41, 5.74) is -1.56. The van der Waals surface area contributed by atoms with Gasteiger partial charge in [-0.25, -0.2) is 22.0 Å². The van der Waals surface area contributed by atoms with Crippen molar-refractivity contribution in [1.82, 2.24) is 30.0 Å². The van der Waals surface area contributed by atoms with Crippen LogP contribution in [-0.2, 0) is 7.05 Å². The predicted molar refractivity (Wildman–Crippen MR) is 177 cm³/mol. The Kier molecular flexibility index (Phi) is 6.80. The number of piperazine rings is 1. The zero-order valence-corrected chi connectivity index (χ0v) is 27.0. The van der Waals surface area contributed by atoms with E-state index < -0.39 is 42.2 Å². The minimum Gasteiger partial charge on any atom is -0.508 e. The number of terminal acetylenes is 1. The average molecular weight is 690 g/mol. The van der Waals surface area contributed by atoms with Crippen molar-refractivity contribution in [3.8, 4) is 35.2 Å². The molecule has 1 saturated carbocycles. The Balaban J connectivity index is 1.26.